The minimum Gasteiger partial charge on any atom is -0.503 e. The van der Waals surface area contributed by atoms with Crippen LogP contribution in [0.2, 0.25) is 0 Å². The summed E-state index contributed by atoms with van der Waals surface area (Å²) in [6.45, 7) is 0.789. The summed E-state index contributed by atoms with van der Waals surface area (Å²) in [5.41, 5.74) is 3.56. The lowest BCUT2D eigenvalue weighted by Gasteiger charge is -2.19. The Balaban J connectivity index is 1.82. The maximum Gasteiger partial charge on any atom is 0.341 e. The predicted molar refractivity (Wildman–Crippen MR) is 108 cm³/mol. The second-order valence-electron chi connectivity index (χ2n) is 6.18. The highest BCUT2D eigenvalue weighted by Crippen LogP contribution is 2.30. The third-order valence-corrected chi connectivity index (χ3v) is 4.40. The van der Waals surface area contributed by atoms with Crippen LogP contribution in [0, 0.1) is 0 Å². The highest BCUT2D eigenvalue weighted by molar-refractivity contribution is 6.16. The molecule has 1 aliphatic heterocycles. The van der Waals surface area contributed by atoms with Crippen molar-refractivity contribution in [3.8, 4) is 11.5 Å². The molecule has 2 aromatic carbocycles. The average Bonchev–Trinajstić information content (AvgIpc) is 2.76. The molecule has 0 N–H and O–H groups in total. The van der Waals surface area contributed by atoms with E-state index < -0.39 is 5.97 Å². The van der Waals surface area contributed by atoms with Crippen molar-refractivity contribution in [1.82, 2.24) is 0 Å². The molecule has 0 saturated heterocycles. The van der Waals surface area contributed by atoms with Crippen molar-refractivity contribution >= 4 is 17.3 Å². The summed E-state index contributed by atoms with van der Waals surface area (Å²) in [7, 11) is 4.34. The molecule has 0 bridgehead atoms. The molecule has 3 rings (SSSR count). The molecule has 0 amide bonds. The van der Waals surface area contributed by atoms with Crippen LogP contribution in [0.25, 0.3) is 5.57 Å². The number of carbonyl (C=O) groups is 1. The second-order valence-corrected chi connectivity index (χ2v) is 6.18. The molecule has 7 heteroatoms. The number of oxime groups is 1. The largest absolute Gasteiger partial charge is 0.503 e. The fraction of sp³-hybridized carbons (Fsp3) is 0.273. The standard InChI is InChI=1S/C22H23NO6/c1-25-14-19(22(24)26-2)17-7-5-4-6-15(17)13-29-16-8-9-18-20(23-27-3)10-11-28-21(18)12-16/h4-9,12,14H,10-11,13H2,1-3H3/b19-14+,23-20?. The van der Waals surface area contributed by atoms with Crippen LogP contribution in [0.3, 0.4) is 0 Å². The molecule has 1 heterocycles. The summed E-state index contributed by atoms with van der Waals surface area (Å²) in [6.07, 6.45) is 2.06. The molecule has 0 aromatic heterocycles. The van der Waals surface area contributed by atoms with E-state index in [0.717, 1.165) is 16.8 Å². The summed E-state index contributed by atoms with van der Waals surface area (Å²) < 4.78 is 21.6. The third-order valence-electron chi connectivity index (χ3n) is 4.40. The molecule has 0 atom stereocenters. The van der Waals surface area contributed by atoms with Gasteiger partial charge in [0.05, 0.1) is 32.8 Å². The van der Waals surface area contributed by atoms with Crippen LogP contribution in [0.1, 0.15) is 23.1 Å². The molecule has 0 fully saturated rings. The molecule has 7 nitrogen and oxygen atoms in total. The molecule has 152 valence electrons. The Labute approximate surface area is 169 Å². The monoisotopic (exact) mass is 397 g/mol. The van der Waals surface area contributed by atoms with E-state index in [-0.39, 0.29) is 6.61 Å². The number of rotatable bonds is 7. The maximum atomic E-state index is 12.1. The number of hydrogen-bond donors (Lipinski definition) is 0. The van der Waals surface area contributed by atoms with Gasteiger partial charge < -0.3 is 23.8 Å². The van der Waals surface area contributed by atoms with E-state index in [4.69, 9.17) is 23.8 Å². The molecule has 0 radical (unpaired) electrons. The smallest absolute Gasteiger partial charge is 0.341 e. The number of hydrogen-bond acceptors (Lipinski definition) is 7. The van der Waals surface area contributed by atoms with Gasteiger partial charge in [-0.2, -0.15) is 0 Å². The predicted octanol–water partition coefficient (Wildman–Crippen LogP) is 3.56. The zero-order valence-electron chi connectivity index (χ0n) is 16.6. The van der Waals surface area contributed by atoms with Crippen molar-refractivity contribution in [2.45, 2.75) is 13.0 Å². The van der Waals surface area contributed by atoms with Crippen molar-refractivity contribution < 1.29 is 28.6 Å². The van der Waals surface area contributed by atoms with Gasteiger partial charge in [-0.3, -0.25) is 0 Å². The minimum atomic E-state index is -0.480. The van der Waals surface area contributed by atoms with Gasteiger partial charge in [0.1, 0.15) is 30.8 Å². The van der Waals surface area contributed by atoms with E-state index in [1.54, 1.807) is 0 Å². The van der Waals surface area contributed by atoms with Crippen molar-refractivity contribution in [2.75, 3.05) is 27.9 Å². The number of methoxy groups -OCH3 is 2. The first kappa shape index (κ1) is 20.3. The molecule has 1 aliphatic rings. The Hall–Kier alpha value is -3.48. The SMILES string of the molecule is CO/C=C(/C(=O)OC)c1ccccc1COc1ccc2c(c1)OCCC2=NOC. The normalized spacial score (nSPS) is 14.6. The van der Waals surface area contributed by atoms with E-state index in [1.807, 2.05) is 42.5 Å². The molecule has 0 saturated carbocycles. The Morgan fingerprint density at radius 1 is 1.17 bits per heavy atom. The summed E-state index contributed by atoms with van der Waals surface area (Å²) >= 11 is 0. The van der Waals surface area contributed by atoms with Crippen molar-refractivity contribution in [3.63, 3.8) is 0 Å². The summed E-state index contributed by atoms with van der Waals surface area (Å²) in [4.78, 5) is 17.0. The zero-order chi connectivity index (χ0) is 20.6. The van der Waals surface area contributed by atoms with E-state index >= 15 is 0 Å². The van der Waals surface area contributed by atoms with E-state index in [9.17, 15) is 4.79 Å². The topological polar surface area (TPSA) is 75.6 Å². The molecular formula is C22H23NO6. The van der Waals surface area contributed by atoms with Crippen LogP contribution in [-0.4, -0.2) is 39.6 Å². The first-order chi connectivity index (χ1) is 14.2. The van der Waals surface area contributed by atoms with Gasteiger partial charge in [-0.25, -0.2) is 4.79 Å². The van der Waals surface area contributed by atoms with Crippen molar-refractivity contribution in [3.05, 3.63) is 65.4 Å². The first-order valence-electron chi connectivity index (χ1n) is 9.07. The van der Waals surface area contributed by atoms with E-state index in [0.29, 0.717) is 35.7 Å². The number of esters is 1. The number of fused-ring (bicyclic) bond motifs is 1. The molecule has 0 spiro atoms. The van der Waals surface area contributed by atoms with Crippen LogP contribution in [0.5, 0.6) is 11.5 Å². The first-order valence-corrected chi connectivity index (χ1v) is 9.07. The number of benzene rings is 2. The number of carbonyl (C=O) groups excluding carboxylic acids is 1. The minimum absolute atomic E-state index is 0.256. The fourth-order valence-electron chi connectivity index (χ4n) is 3.07. The van der Waals surface area contributed by atoms with Gasteiger partial charge in [0.25, 0.3) is 0 Å². The quantitative estimate of drug-likeness (QED) is 0.308. The summed E-state index contributed by atoms with van der Waals surface area (Å²) in [5, 5.41) is 4.06. The van der Waals surface area contributed by atoms with Crippen molar-refractivity contribution in [1.29, 1.82) is 0 Å². The zero-order valence-corrected chi connectivity index (χ0v) is 16.6. The Bertz CT molecular complexity index is 935. The third kappa shape index (κ3) is 4.68. The highest BCUT2D eigenvalue weighted by atomic mass is 16.6. The highest BCUT2D eigenvalue weighted by Gasteiger charge is 2.19. The Morgan fingerprint density at radius 3 is 2.76 bits per heavy atom. The van der Waals surface area contributed by atoms with Gasteiger partial charge in [-0.1, -0.05) is 29.4 Å². The van der Waals surface area contributed by atoms with E-state index in [2.05, 4.69) is 5.16 Å². The number of ether oxygens (including phenoxy) is 4. The van der Waals surface area contributed by atoms with Crippen LogP contribution < -0.4 is 9.47 Å². The lowest BCUT2D eigenvalue weighted by atomic mass is 10.0. The average molecular weight is 397 g/mol. The summed E-state index contributed by atoms with van der Waals surface area (Å²) in [6, 6.07) is 13.0. The van der Waals surface area contributed by atoms with Gasteiger partial charge >= 0.3 is 5.97 Å². The molecule has 0 unspecified atom stereocenters. The lowest BCUT2D eigenvalue weighted by Crippen LogP contribution is -2.16. The van der Waals surface area contributed by atoms with Crippen LogP contribution >= 0.6 is 0 Å². The maximum absolute atomic E-state index is 12.1. The van der Waals surface area contributed by atoms with Crippen LogP contribution in [0.15, 0.2) is 53.9 Å². The number of nitrogens with zero attached hydrogens (tertiary/aromatic N) is 1. The van der Waals surface area contributed by atoms with Crippen molar-refractivity contribution in [2.24, 2.45) is 5.16 Å². The molecular weight excluding hydrogens is 374 g/mol. The van der Waals surface area contributed by atoms with Gasteiger partial charge in [0.15, 0.2) is 0 Å². The van der Waals surface area contributed by atoms with Gasteiger partial charge in [0.2, 0.25) is 0 Å². The fourth-order valence-corrected chi connectivity index (χ4v) is 3.07. The van der Waals surface area contributed by atoms with Gasteiger partial charge in [-0.15, -0.1) is 0 Å². The summed E-state index contributed by atoms with van der Waals surface area (Å²) in [5.74, 6) is 0.867. The molecule has 0 aliphatic carbocycles. The van der Waals surface area contributed by atoms with Gasteiger partial charge in [0, 0.05) is 18.1 Å². The molecule has 2 aromatic rings. The molecule has 29 heavy (non-hydrogen) atoms. The Kier molecular flexibility index (Phi) is 6.73. The second kappa shape index (κ2) is 9.64. The van der Waals surface area contributed by atoms with Crippen LogP contribution in [-0.2, 0) is 25.7 Å². The van der Waals surface area contributed by atoms with E-state index in [1.165, 1.54) is 27.6 Å². The lowest BCUT2D eigenvalue weighted by molar-refractivity contribution is -0.133. The van der Waals surface area contributed by atoms with Crippen LogP contribution in [0.4, 0.5) is 0 Å². The van der Waals surface area contributed by atoms with Gasteiger partial charge in [-0.05, 0) is 23.3 Å². The Morgan fingerprint density at radius 2 is 2.00 bits per heavy atom.